The van der Waals surface area contributed by atoms with Crippen LogP contribution in [0.5, 0.6) is 0 Å². The lowest BCUT2D eigenvalue weighted by molar-refractivity contribution is 0.321. The number of benzene rings is 1. The fraction of sp³-hybridized carbons (Fsp3) is 0.581. The molecule has 0 heterocycles. The highest BCUT2D eigenvalue weighted by Gasteiger charge is 2.51. The van der Waals surface area contributed by atoms with E-state index < -0.39 is 0 Å². The zero-order valence-electron chi connectivity index (χ0n) is 19.1. The second-order valence-electron chi connectivity index (χ2n) is 12.0. The maximum absolute atomic E-state index is 3.84. The van der Waals surface area contributed by atoms with Gasteiger partial charge < -0.3 is 0 Å². The van der Waals surface area contributed by atoms with Gasteiger partial charge in [0.1, 0.15) is 5.56 Å². The topological polar surface area (TPSA) is 0 Å². The Bertz CT molecular complexity index is 1060. The van der Waals surface area contributed by atoms with Crippen molar-refractivity contribution < 1.29 is 0 Å². The summed E-state index contributed by atoms with van der Waals surface area (Å²) < 4.78 is 1.25. The van der Waals surface area contributed by atoms with Gasteiger partial charge in [-0.25, -0.2) is 0 Å². The van der Waals surface area contributed by atoms with Crippen LogP contribution in [0.4, 0.5) is 0 Å². The van der Waals surface area contributed by atoms with Gasteiger partial charge in [-0.15, -0.1) is 0 Å². The quantitative estimate of drug-likeness (QED) is 0.352. The summed E-state index contributed by atoms with van der Waals surface area (Å²) in [4.78, 5) is 0. The van der Waals surface area contributed by atoms with E-state index >= 15 is 0 Å². The van der Waals surface area contributed by atoms with Crippen molar-refractivity contribution in [2.75, 3.05) is 0 Å². The first-order valence-corrected chi connectivity index (χ1v) is 14.4. The predicted octanol–water partition coefficient (Wildman–Crippen LogP) is 9.66. The van der Waals surface area contributed by atoms with Crippen LogP contribution in [0.15, 0.2) is 28.7 Å². The molecule has 3 saturated carbocycles. The van der Waals surface area contributed by atoms with Crippen molar-refractivity contribution in [3.05, 3.63) is 62.1 Å². The SMILES string of the molecule is Brc1cccc(-c2c3c(c4c(c5[c+]2C2CCC5CC2)C2CCC4CC2)C2CCC3CC2)c1. The first kappa shape index (κ1) is 19.1. The summed E-state index contributed by atoms with van der Waals surface area (Å²) in [6.07, 6.45) is 17.5. The number of hydrogen-bond acceptors (Lipinski definition) is 0. The van der Waals surface area contributed by atoms with E-state index in [0.29, 0.717) is 0 Å². The van der Waals surface area contributed by atoms with Crippen molar-refractivity contribution in [2.45, 2.75) is 113 Å². The van der Waals surface area contributed by atoms with E-state index in [0.717, 1.165) is 35.5 Å². The molecule has 2 aromatic carbocycles. The van der Waals surface area contributed by atoms with Gasteiger partial charge in [-0.2, -0.15) is 0 Å². The molecular weight excluding hydrogens is 452 g/mol. The Hall–Kier alpha value is -1.21. The molecule has 0 atom stereocenters. The molecular formula is C31H34Br+. The average molecular weight is 487 g/mol. The number of fused-ring (bicyclic) bond motifs is 6. The van der Waals surface area contributed by atoms with Crippen molar-refractivity contribution in [2.24, 2.45) is 0 Å². The third kappa shape index (κ3) is 2.47. The van der Waals surface area contributed by atoms with Gasteiger partial charge in [0.15, 0.2) is 0 Å². The predicted molar refractivity (Wildman–Crippen MR) is 136 cm³/mol. The number of rotatable bonds is 1. The van der Waals surface area contributed by atoms with E-state index in [1.165, 1.54) is 87.1 Å². The summed E-state index contributed by atoms with van der Waals surface area (Å²) >= 11 is 3.84. The van der Waals surface area contributed by atoms with E-state index in [1.54, 1.807) is 5.56 Å². The van der Waals surface area contributed by atoms with Gasteiger partial charge >= 0.3 is 0 Å². The van der Waals surface area contributed by atoms with Crippen LogP contribution >= 0.6 is 15.9 Å². The number of halogens is 1. The van der Waals surface area contributed by atoms with Gasteiger partial charge in [-0.1, -0.05) is 6.07 Å². The van der Waals surface area contributed by atoms with Crippen LogP contribution < -0.4 is 0 Å². The zero-order chi connectivity index (χ0) is 21.0. The zero-order valence-corrected chi connectivity index (χ0v) is 20.7. The van der Waals surface area contributed by atoms with E-state index in [-0.39, 0.29) is 0 Å². The molecule has 32 heavy (non-hydrogen) atoms. The Morgan fingerprint density at radius 1 is 0.594 bits per heavy atom. The smallest absolute Gasteiger partial charge is 0.0506 e. The lowest BCUT2D eigenvalue weighted by Crippen LogP contribution is -2.29. The van der Waals surface area contributed by atoms with E-state index in [9.17, 15) is 0 Å². The van der Waals surface area contributed by atoms with E-state index in [1.807, 2.05) is 33.4 Å². The summed E-state index contributed by atoms with van der Waals surface area (Å²) in [5.41, 5.74) is 14.7. The second-order valence-corrected chi connectivity index (χ2v) is 12.9. The Morgan fingerprint density at radius 2 is 1.12 bits per heavy atom. The minimum atomic E-state index is 0.811. The lowest BCUT2D eigenvalue weighted by Gasteiger charge is -2.43. The highest BCUT2D eigenvalue weighted by atomic mass is 79.9. The second kappa shape index (κ2) is 6.91. The van der Waals surface area contributed by atoms with Gasteiger partial charge in [0.25, 0.3) is 0 Å². The highest BCUT2D eigenvalue weighted by Crippen LogP contribution is 2.64. The van der Waals surface area contributed by atoms with Crippen molar-refractivity contribution in [1.82, 2.24) is 0 Å². The van der Waals surface area contributed by atoms with Gasteiger partial charge in [0, 0.05) is 62.0 Å². The van der Waals surface area contributed by atoms with Crippen LogP contribution in [-0.2, 0) is 0 Å². The minimum Gasteiger partial charge on any atom is -0.0506 e. The summed E-state index contributed by atoms with van der Waals surface area (Å²) in [7, 11) is 0. The summed E-state index contributed by atoms with van der Waals surface area (Å²) in [5, 5.41) is 0. The normalized spacial score (nSPS) is 35.4. The molecule has 2 aromatic rings. The van der Waals surface area contributed by atoms with Crippen LogP contribution in [-0.4, -0.2) is 0 Å². The molecule has 0 N–H and O–H groups in total. The third-order valence-electron chi connectivity index (χ3n) is 10.7. The molecule has 164 valence electrons. The van der Waals surface area contributed by atoms with Crippen LogP contribution in [0.25, 0.3) is 11.1 Å². The van der Waals surface area contributed by atoms with Crippen molar-refractivity contribution >= 4 is 15.9 Å². The Labute approximate surface area is 201 Å². The molecule has 0 amide bonds. The molecule has 0 spiro atoms. The average Bonchev–Trinajstić information content (AvgIpc) is 3.03. The van der Waals surface area contributed by atoms with Crippen molar-refractivity contribution in [3.63, 3.8) is 0 Å². The molecule has 0 radical (unpaired) electrons. The Morgan fingerprint density at radius 3 is 1.75 bits per heavy atom. The molecule has 11 rings (SSSR count). The molecule has 0 aliphatic heterocycles. The highest BCUT2D eigenvalue weighted by molar-refractivity contribution is 9.10. The van der Waals surface area contributed by atoms with Crippen LogP contribution in [0.2, 0.25) is 0 Å². The molecule has 6 bridgehead atoms. The van der Waals surface area contributed by atoms with Gasteiger partial charge in [0.05, 0.1) is 11.1 Å². The maximum atomic E-state index is 3.84. The maximum Gasteiger partial charge on any atom is 0.110 e. The molecule has 0 saturated heterocycles. The Kier molecular flexibility index (Phi) is 4.13. The molecule has 9 aliphatic carbocycles. The number of hydrogen-bond donors (Lipinski definition) is 0. The monoisotopic (exact) mass is 485 g/mol. The molecule has 0 aromatic heterocycles. The van der Waals surface area contributed by atoms with Gasteiger partial charge in [0.2, 0.25) is 0 Å². The molecule has 9 aliphatic rings. The summed E-state index contributed by atoms with van der Waals surface area (Å²) in [6, 6.07) is 9.40. The molecule has 3 fully saturated rings. The van der Waals surface area contributed by atoms with Gasteiger partial charge in [-0.3, -0.25) is 0 Å². The molecule has 0 nitrogen and oxygen atoms in total. The summed E-state index contributed by atoms with van der Waals surface area (Å²) in [6.45, 7) is 0. The fourth-order valence-corrected chi connectivity index (χ4v) is 9.97. The van der Waals surface area contributed by atoms with E-state index in [2.05, 4.69) is 40.2 Å². The molecule has 1 heteroatoms. The van der Waals surface area contributed by atoms with Crippen LogP contribution in [0, 0.1) is 0 Å². The van der Waals surface area contributed by atoms with Crippen LogP contribution in [0.1, 0.15) is 146 Å². The van der Waals surface area contributed by atoms with E-state index in [4.69, 9.17) is 0 Å². The lowest BCUT2D eigenvalue weighted by atomic mass is 9.58. The minimum absolute atomic E-state index is 0.811. The van der Waals surface area contributed by atoms with Gasteiger partial charge in [-0.05, 0) is 117 Å². The summed E-state index contributed by atoms with van der Waals surface area (Å²) in [5.74, 6) is 5.06. The van der Waals surface area contributed by atoms with Crippen LogP contribution in [0.3, 0.4) is 0 Å². The standard InChI is InChI=1S/C31H34Br/c32-24-3-1-2-23(16-24)31-29-21-12-8-19(9-13-21)27(29)25-17-4-5-18(7-6-17)26(25)28-20-10-14-22(15-11-20)30(28)31/h1-3,16-22H,4-15H2/q+1. The van der Waals surface area contributed by atoms with Crippen molar-refractivity contribution in [3.8, 4) is 11.1 Å². The third-order valence-corrected chi connectivity index (χ3v) is 11.2. The first-order valence-electron chi connectivity index (χ1n) is 13.6. The fourth-order valence-electron chi connectivity index (χ4n) is 9.57. The molecule has 0 unspecified atom stereocenters. The Balaban J connectivity index is 1.59. The van der Waals surface area contributed by atoms with Crippen molar-refractivity contribution in [1.29, 1.82) is 0 Å². The first-order chi connectivity index (χ1) is 15.8. The largest absolute Gasteiger partial charge is 0.110 e.